The lowest BCUT2D eigenvalue weighted by atomic mass is 10.0. The quantitative estimate of drug-likeness (QED) is 0.506. The molecular weight excluding hydrogens is 274 g/mol. The van der Waals surface area contributed by atoms with Crippen molar-refractivity contribution >= 4 is 17.5 Å². The van der Waals surface area contributed by atoms with Crippen molar-refractivity contribution in [1.82, 2.24) is 0 Å². The van der Waals surface area contributed by atoms with Crippen molar-refractivity contribution < 1.29 is 14.5 Å². The monoisotopic (exact) mass is 287 g/mol. The Morgan fingerprint density at radius 2 is 1.38 bits per heavy atom. The maximum absolute atomic E-state index is 12.1. The van der Waals surface area contributed by atoms with E-state index in [4.69, 9.17) is 4.79 Å². The van der Waals surface area contributed by atoms with Crippen molar-refractivity contribution in [3.8, 4) is 0 Å². The van der Waals surface area contributed by atoms with Crippen molar-refractivity contribution in [2.24, 2.45) is 11.5 Å². The second-order valence-corrected chi connectivity index (χ2v) is 3.87. The SMILES string of the molecule is NC(N)=O.O=C(c1ccccc1)c1ccccc1[N+](=O)[O-]. The lowest BCUT2D eigenvalue weighted by Gasteiger charge is -2.01. The first-order valence-electron chi connectivity index (χ1n) is 5.81. The molecule has 4 N–H and O–H groups in total. The molecule has 0 aliphatic heterocycles. The normalized spacial score (nSPS) is 9.14. The Labute approximate surface area is 120 Å². The molecule has 2 aromatic rings. The zero-order chi connectivity index (χ0) is 15.8. The average molecular weight is 287 g/mol. The number of nitrogens with zero attached hydrogens (tertiary/aromatic N) is 1. The lowest BCUT2D eigenvalue weighted by molar-refractivity contribution is -0.385. The Bertz CT molecular complexity index is 652. The number of carbonyl (C=O) groups is 2. The Kier molecular flexibility index (Phi) is 5.57. The van der Waals surface area contributed by atoms with Gasteiger partial charge in [-0.3, -0.25) is 14.9 Å². The number of nitro benzene ring substituents is 1. The van der Waals surface area contributed by atoms with E-state index in [1.807, 2.05) is 0 Å². The summed E-state index contributed by atoms with van der Waals surface area (Å²) in [6, 6.07) is 13.6. The van der Waals surface area contributed by atoms with Crippen LogP contribution in [-0.2, 0) is 0 Å². The third-order valence-electron chi connectivity index (χ3n) is 2.38. The van der Waals surface area contributed by atoms with Gasteiger partial charge in [-0.05, 0) is 6.07 Å². The topological polar surface area (TPSA) is 129 Å². The first-order valence-corrected chi connectivity index (χ1v) is 5.81. The average Bonchev–Trinajstić information content (AvgIpc) is 2.47. The van der Waals surface area contributed by atoms with Crippen molar-refractivity contribution in [3.63, 3.8) is 0 Å². The van der Waals surface area contributed by atoms with Crippen LogP contribution < -0.4 is 11.5 Å². The summed E-state index contributed by atoms with van der Waals surface area (Å²) in [4.78, 5) is 31.3. The van der Waals surface area contributed by atoms with Gasteiger partial charge >= 0.3 is 6.03 Å². The molecule has 0 radical (unpaired) electrons. The summed E-state index contributed by atoms with van der Waals surface area (Å²) in [5, 5.41) is 10.8. The highest BCUT2D eigenvalue weighted by Gasteiger charge is 2.19. The molecule has 0 aromatic heterocycles. The number of nitro groups is 1. The Hall–Kier alpha value is -3.22. The van der Waals surface area contributed by atoms with E-state index in [0.717, 1.165) is 0 Å². The van der Waals surface area contributed by atoms with Gasteiger partial charge in [0.25, 0.3) is 5.69 Å². The summed E-state index contributed by atoms with van der Waals surface area (Å²) in [5.41, 5.74) is 8.90. The van der Waals surface area contributed by atoms with Gasteiger partial charge < -0.3 is 11.5 Å². The molecule has 0 aliphatic rings. The predicted octanol–water partition coefficient (Wildman–Crippen LogP) is 1.85. The van der Waals surface area contributed by atoms with Crippen LogP contribution in [0.4, 0.5) is 10.5 Å². The molecule has 2 aromatic carbocycles. The van der Waals surface area contributed by atoms with Gasteiger partial charge in [0.1, 0.15) is 5.56 Å². The number of amides is 2. The lowest BCUT2D eigenvalue weighted by Crippen LogP contribution is -2.18. The summed E-state index contributed by atoms with van der Waals surface area (Å²) in [6.07, 6.45) is 0. The molecular formula is C14H13N3O4. The molecule has 21 heavy (non-hydrogen) atoms. The number of ketones is 1. The van der Waals surface area contributed by atoms with E-state index in [1.165, 1.54) is 12.1 Å². The molecule has 2 amide bonds. The Morgan fingerprint density at radius 1 is 0.905 bits per heavy atom. The molecule has 0 spiro atoms. The van der Waals surface area contributed by atoms with E-state index in [-0.39, 0.29) is 17.0 Å². The number of carbonyl (C=O) groups excluding carboxylic acids is 2. The minimum absolute atomic E-state index is 0.115. The summed E-state index contributed by atoms with van der Waals surface area (Å²) in [5.74, 6) is -0.335. The molecule has 7 nitrogen and oxygen atoms in total. The highest BCUT2D eigenvalue weighted by Crippen LogP contribution is 2.20. The van der Waals surface area contributed by atoms with E-state index < -0.39 is 11.0 Å². The fourth-order valence-electron chi connectivity index (χ4n) is 1.57. The van der Waals surface area contributed by atoms with Crippen LogP contribution in [0.25, 0.3) is 0 Å². The maximum Gasteiger partial charge on any atom is 0.309 e. The maximum atomic E-state index is 12.1. The molecule has 0 bridgehead atoms. The van der Waals surface area contributed by atoms with Gasteiger partial charge in [-0.25, -0.2) is 4.79 Å². The van der Waals surface area contributed by atoms with Gasteiger partial charge in [-0.2, -0.15) is 0 Å². The van der Waals surface area contributed by atoms with E-state index >= 15 is 0 Å². The zero-order valence-electron chi connectivity index (χ0n) is 10.9. The fraction of sp³-hybridized carbons (Fsp3) is 0. The van der Waals surface area contributed by atoms with Crippen molar-refractivity contribution in [1.29, 1.82) is 0 Å². The number of hydrogen-bond donors (Lipinski definition) is 2. The van der Waals surface area contributed by atoms with E-state index in [2.05, 4.69) is 11.5 Å². The second kappa shape index (κ2) is 7.39. The van der Waals surface area contributed by atoms with Gasteiger partial charge in [0.15, 0.2) is 5.78 Å². The number of hydrogen-bond acceptors (Lipinski definition) is 4. The van der Waals surface area contributed by atoms with Crippen LogP contribution in [0.3, 0.4) is 0 Å². The van der Waals surface area contributed by atoms with Crippen LogP contribution in [0.2, 0.25) is 0 Å². The number of para-hydroxylation sites is 1. The van der Waals surface area contributed by atoms with Gasteiger partial charge in [0, 0.05) is 11.6 Å². The third-order valence-corrected chi connectivity index (χ3v) is 2.38. The zero-order valence-corrected chi connectivity index (χ0v) is 10.9. The van der Waals surface area contributed by atoms with Gasteiger partial charge in [-0.1, -0.05) is 42.5 Å². The van der Waals surface area contributed by atoms with E-state index in [9.17, 15) is 14.9 Å². The largest absolute Gasteiger partial charge is 0.352 e. The van der Waals surface area contributed by atoms with Gasteiger partial charge in [0.05, 0.1) is 4.92 Å². The smallest absolute Gasteiger partial charge is 0.309 e. The van der Waals surface area contributed by atoms with Crippen LogP contribution in [0.15, 0.2) is 54.6 Å². The molecule has 2 rings (SSSR count). The summed E-state index contributed by atoms with van der Waals surface area (Å²) >= 11 is 0. The van der Waals surface area contributed by atoms with E-state index in [1.54, 1.807) is 42.5 Å². The molecule has 0 unspecified atom stereocenters. The number of urea groups is 1. The third kappa shape index (κ3) is 4.75. The van der Waals surface area contributed by atoms with E-state index in [0.29, 0.717) is 5.56 Å². The van der Waals surface area contributed by atoms with Gasteiger partial charge in [-0.15, -0.1) is 0 Å². The number of rotatable bonds is 3. The summed E-state index contributed by atoms with van der Waals surface area (Å²) in [7, 11) is 0. The highest BCUT2D eigenvalue weighted by molar-refractivity contribution is 6.11. The molecule has 7 heteroatoms. The number of primary amides is 2. The first-order chi connectivity index (χ1) is 9.93. The first kappa shape index (κ1) is 15.8. The summed E-state index contributed by atoms with van der Waals surface area (Å²) < 4.78 is 0. The highest BCUT2D eigenvalue weighted by atomic mass is 16.6. The van der Waals surface area contributed by atoms with Crippen molar-refractivity contribution in [2.75, 3.05) is 0 Å². The Balaban J connectivity index is 0.000000491. The van der Waals surface area contributed by atoms with Gasteiger partial charge in [0.2, 0.25) is 0 Å². The minimum Gasteiger partial charge on any atom is -0.352 e. The van der Waals surface area contributed by atoms with Crippen LogP contribution in [0, 0.1) is 10.1 Å². The molecule has 0 fully saturated rings. The molecule has 0 saturated heterocycles. The molecule has 0 heterocycles. The number of benzene rings is 2. The second-order valence-electron chi connectivity index (χ2n) is 3.87. The standard InChI is InChI=1S/C13H9NO3.CH4N2O/c15-13(10-6-2-1-3-7-10)11-8-4-5-9-12(11)14(16)17;2-1(3)4/h1-9H;(H4,2,3,4). The van der Waals surface area contributed by atoms with Crippen LogP contribution >= 0.6 is 0 Å². The molecule has 108 valence electrons. The molecule has 0 atom stereocenters. The predicted molar refractivity (Wildman–Crippen MR) is 76.7 cm³/mol. The van der Waals surface area contributed by atoms with Crippen LogP contribution in [0.1, 0.15) is 15.9 Å². The van der Waals surface area contributed by atoms with Crippen LogP contribution in [0.5, 0.6) is 0 Å². The molecule has 0 saturated carbocycles. The number of nitrogens with two attached hydrogens (primary N) is 2. The van der Waals surface area contributed by atoms with Crippen LogP contribution in [-0.4, -0.2) is 16.7 Å². The molecule has 0 aliphatic carbocycles. The Morgan fingerprint density at radius 3 is 1.90 bits per heavy atom. The van der Waals surface area contributed by atoms with Crippen molar-refractivity contribution in [2.45, 2.75) is 0 Å². The fourth-order valence-corrected chi connectivity index (χ4v) is 1.57. The van der Waals surface area contributed by atoms with Crippen molar-refractivity contribution in [3.05, 3.63) is 75.8 Å². The minimum atomic E-state index is -0.833. The summed E-state index contributed by atoms with van der Waals surface area (Å²) in [6.45, 7) is 0.